The van der Waals surface area contributed by atoms with Crippen LogP contribution >= 0.6 is 12.4 Å². The Kier molecular flexibility index (Phi) is 7.98. The summed E-state index contributed by atoms with van der Waals surface area (Å²) in [5.74, 6) is 0.298. The normalized spacial score (nSPS) is 18.9. The molecule has 6 nitrogen and oxygen atoms in total. The molecule has 1 aliphatic rings. The van der Waals surface area contributed by atoms with Crippen molar-refractivity contribution in [2.45, 2.75) is 10.8 Å². The van der Waals surface area contributed by atoms with E-state index in [1.807, 2.05) is 18.2 Å². The molecule has 0 unspecified atom stereocenters. The number of nitrogens with two attached hydrogens (primary N) is 1. The number of amides is 1. The minimum Gasteiger partial charge on any atom is -0.338 e. The molecule has 8 heteroatoms. The van der Waals surface area contributed by atoms with Gasteiger partial charge >= 0.3 is 0 Å². The van der Waals surface area contributed by atoms with Gasteiger partial charge in [0.2, 0.25) is 10.0 Å². The Labute approximate surface area is 178 Å². The second-order valence-electron chi connectivity index (χ2n) is 6.89. The highest BCUT2D eigenvalue weighted by Crippen LogP contribution is 2.32. The van der Waals surface area contributed by atoms with E-state index in [0.29, 0.717) is 25.2 Å². The molecule has 0 aliphatic carbocycles. The molecule has 29 heavy (non-hydrogen) atoms. The molecule has 2 aromatic rings. The molecule has 156 valence electrons. The Morgan fingerprint density at radius 2 is 1.79 bits per heavy atom. The van der Waals surface area contributed by atoms with Crippen LogP contribution in [0.1, 0.15) is 21.8 Å². The lowest BCUT2D eigenvalue weighted by Crippen LogP contribution is -2.30. The summed E-state index contributed by atoms with van der Waals surface area (Å²) >= 11 is 0. The molecular weight excluding hydrogens is 410 g/mol. The molecule has 1 aliphatic heterocycles. The van der Waals surface area contributed by atoms with E-state index in [1.54, 1.807) is 17.0 Å². The van der Waals surface area contributed by atoms with E-state index >= 15 is 0 Å². The van der Waals surface area contributed by atoms with Gasteiger partial charge in [-0.3, -0.25) is 4.79 Å². The maximum absolute atomic E-state index is 12.9. The van der Waals surface area contributed by atoms with Crippen molar-refractivity contribution in [2.24, 2.45) is 11.7 Å². The third kappa shape index (κ3) is 5.25. The largest absolute Gasteiger partial charge is 0.338 e. The van der Waals surface area contributed by atoms with Gasteiger partial charge in [-0.25, -0.2) is 13.1 Å². The second kappa shape index (κ2) is 10.0. The Bertz CT molecular complexity index is 933. The first-order chi connectivity index (χ1) is 13.5. The van der Waals surface area contributed by atoms with Crippen LogP contribution in [0.2, 0.25) is 0 Å². The number of carbonyl (C=O) groups is 1. The molecule has 0 bridgehead atoms. The summed E-state index contributed by atoms with van der Waals surface area (Å²) < 4.78 is 26.7. The summed E-state index contributed by atoms with van der Waals surface area (Å²) in [5.41, 5.74) is 7.60. The maximum atomic E-state index is 12.9. The molecule has 0 radical (unpaired) electrons. The van der Waals surface area contributed by atoms with Gasteiger partial charge in [0.1, 0.15) is 0 Å². The Morgan fingerprint density at radius 1 is 1.14 bits per heavy atom. The van der Waals surface area contributed by atoms with Crippen molar-refractivity contribution in [1.82, 2.24) is 9.62 Å². The summed E-state index contributed by atoms with van der Waals surface area (Å²) in [4.78, 5) is 14.8. The number of rotatable bonds is 7. The molecular formula is C21H26ClN3O3S. The molecule has 1 fully saturated rings. The summed E-state index contributed by atoms with van der Waals surface area (Å²) in [6, 6.07) is 16.1. The van der Waals surface area contributed by atoms with Crippen LogP contribution < -0.4 is 10.5 Å². The van der Waals surface area contributed by atoms with Crippen LogP contribution in [-0.4, -0.2) is 45.4 Å². The number of nitrogens with one attached hydrogen (secondary N) is 1. The van der Waals surface area contributed by atoms with E-state index in [9.17, 15) is 13.2 Å². The molecule has 0 saturated carbocycles. The Morgan fingerprint density at radius 3 is 2.38 bits per heavy atom. The lowest BCUT2D eigenvalue weighted by atomic mass is 9.89. The van der Waals surface area contributed by atoms with Crippen molar-refractivity contribution in [3.05, 3.63) is 78.4 Å². The molecule has 0 aromatic heterocycles. The fraction of sp³-hybridized carbons (Fsp3) is 0.286. The van der Waals surface area contributed by atoms with Crippen molar-refractivity contribution in [3.8, 4) is 0 Å². The van der Waals surface area contributed by atoms with E-state index in [1.165, 1.54) is 23.8 Å². The number of carbonyl (C=O) groups excluding carboxylic acids is 1. The first kappa shape index (κ1) is 23.1. The highest BCUT2D eigenvalue weighted by Gasteiger charge is 2.35. The van der Waals surface area contributed by atoms with E-state index < -0.39 is 10.0 Å². The number of benzene rings is 2. The molecule has 1 heterocycles. The second-order valence-corrected chi connectivity index (χ2v) is 8.65. The SMILES string of the molecule is C=CCNS(=O)(=O)c1ccc(C(=O)N2C[C@@H](CN)[C@H](c3ccccc3)C2)cc1.Cl. The topological polar surface area (TPSA) is 92.5 Å². The van der Waals surface area contributed by atoms with E-state index in [0.717, 1.165) is 0 Å². The van der Waals surface area contributed by atoms with Gasteiger partial charge in [-0.2, -0.15) is 0 Å². The van der Waals surface area contributed by atoms with Crippen molar-refractivity contribution in [2.75, 3.05) is 26.2 Å². The summed E-state index contributed by atoms with van der Waals surface area (Å²) in [7, 11) is -3.60. The number of hydrogen-bond acceptors (Lipinski definition) is 4. The molecule has 2 atom stereocenters. The average Bonchev–Trinajstić information content (AvgIpc) is 3.17. The molecule has 3 rings (SSSR count). The third-order valence-electron chi connectivity index (χ3n) is 5.09. The highest BCUT2D eigenvalue weighted by molar-refractivity contribution is 7.89. The van der Waals surface area contributed by atoms with Crippen LogP contribution in [0.25, 0.3) is 0 Å². The first-order valence-electron chi connectivity index (χ1n) is 9.21. The van der Waals surface area contributed by atoms with Crippen LogP contribution in [0.15, 0.2) is 72.1 Å². The summed E-state index contributed by atoms with van der Waals surface area (Å²) in [6.07, 6.45) is 1.47. The smallest absolute Gasteiger partial charge is 0.253 e. The molecule has 1 saturated heterocycles. The lowest BCUT2D eigenvalue weighted by Gasteiger charge is -2.17. The number of nitrogens with zero attached hydrogens (tertiary/aromatic N) is 1. The summed E-state index contributed by atoms with van der Waals surface area (Å²) in [6.45, 7) is 5.35. The highest BCUT2D eigenvalue weighted by atomic mass is 35.5. The van der Waals surface area contributed by atoms with E-state index in [4.69, 9.17) is 5.73 Å². The minimum atomic E-state index is -3.60. The van der Waals surface area contributed by atoms with Crippen molar-refractivity contribution in [3.63, 3.8) is 0 Å². The van der Waals surface area contributed by atoms with Gasteiger partial charge in [-0.1, -0.05) is 36.4 Å². The van der Waals surface area contributed by atoms with Crippen molar-refractivity contribution >= 4 is 28.3 Å². The predicted octanol–water partition coefficient (Wildman–Crippen LogP) is 2.39. The van der Waals surface area contributed by atoms with Gasteiger partial charge in [-0.15, -0.1) is 19.0 Å². The zero-order valence-electron chi connectivity index (χ0n) is 16.0. The molecule has 3 N–H and O–H groups in total. The molecule has 1 amide bonds. The van der Waals surface area contributed by atoms with Crippen molar-refractivity contribution in [1.29, 1.82) is 0 Å². The zero-order chi connectivity index (χ0) is 20.1. The third-order valence-corrected chi connectivity index (χ3v) is 6.53. The number of hydrogen-bond donors (Lipinski definition) is 2. The fourth-order valence-corrected chi connectivity index (χ4v) is 4.56. The Hall–Kier alpha value is -2.19. The number of sulfonamides is 1. The summed E-state index contributed by atoms with van der Waals surface area (Å²) in [5, 5.41) is 0. The van der Waals surface area contributed by atoms with Gasteiger partial charge in [0.25, 0.3) is 5.91 Å². The number of halogens is 1. The Balaban J connectivity index is 0.00000300. The standard InChI is InChI=1S/C21H25N3O3S.ClH/c1-2-12-23-28(26,27)19-10-8-17(9-11-19)21(25)24-14-18(13-22)20(15-24)16-6-4-3-5-7-16;/h2-11,18,20,23H,1,12-15,22H2;1H/t18-,20+;/m1./s1. The molecule has 0 spiro atoms. The fourth-order valence-electron chi connectivity index (χ4n) is 3.56. The quantitative estimate of drug-likeness (QED) is 0.653. The van der Waals surface area contributed by atoms with Crippen LogP contribution in [0.3, 0.4) is 0 Å². The van der Waals surface area contributed by atoms with Crippen LogP contribution in [0.5, 0.6) is 0 Å². The first-order valence-corrected chi connectivity index (χ1v) is 10.7. The lowest BCUT2D eigenvalue weighted by molar-refractivity contribution is 0.0786. The van der Waals surface area contributed by atoms with E-state index in [2.05, 4.69) is 23.4 Å². The van der Waals surface area contributed by atoms with Gasteiger partial charge in [0.05, 0.1) is 4.90 Å². The van der Waals surface area contributed by atoms with Crippen molar-refractivity contribution < 1.29 is 13.2 Å². The molecule has 2 aromatic carbocycles. The van der Waals surface area contributed by atoms with Gasteiger partial charge in [-0.05, 0) is 42.3 Å². The van der Waals surface area contributed by atoms with E-state index in [-0.39, 0.29) is 41.6 Å². The van der Waals surface area contributed by atoms with Gasteiger partial charge < -0.3 is 10.6 Å². The van der Waals surface area contributed by atoms with Crippen LogP contribution in [-0.2, 0) is 10.0 Å². The average molecular weight is 436 g/mol. The predicted molar refractivity (Wildman–Crippen MR) is 117 cm³/mol. The van der Waals surface area contributed by atoms with Gasteiger partial charge in [0.15, 0.2) is 0 Å². The number of likely N-dealkylation sites (tertiary alicyclic amines) is 1. The zero-order valence-corrected chi connectivity index (χ0v) is 17.7. The monoisotopic (exact) mass is 435 g/mol. The maximum Gasteiger partial charge on any atom is 0.253 e. The minimum absolute atomic E-state index is 0. The van der Waals surface area contributed by atoms with Crippen LogP contribution in [0, 0.1) is 5.92 Å². The van der Waals surface area contributed by atoms with Crippen LogP contribution in [0.4, 0.5) is 0 Å². The van der Waals surface area contributed by atoms with Gasteiger partial charge in [0, 0.05) is 31.1 Å².